The molecule has 0 saturated carbocycles. The standard InChI is InChI=1S/C19H18O5/c1-12-23-17(14-7-9-15(10-8-14)19(21)22)18(24-12)16(20)11-13-5-3-2-4-6-13/h2-10,12,19,21-22H,11H2,1H3. The van der Waals surface area contributed by atoms with Gasteiger partial charge in [-0.2, -0.15) is 0 Å². The summed E-state index contributed by atoms with van der Waals surface area (Å²) in [6.45, 7) is 1.72. The fraction of sp³-hybridized carbons (Fsp3) is 0.211. The predicted molar refractivity (Wildman–Crippen MR) is 87.3 cm³/mol. The van der Waals surface area contributed by atoms with Crippen molar-refractivity contribution in [3.8, 4) is 0 Å². The zero-order valence-electron chi connectivity index (χ0n) is 13.2. The fourth-order valence-corrected chi connectivity index (χ4v) is 2.52. The molecule has 5 nitrogen and oxygen atoms in total. The number of allylic oxidation sites excluding steroid dienone is 1. The average molecular weight is 326 g/mol. The first kappa shape index (κ1) is 16.2. The first-order valence-electron chi connectivity index (χ1n) is 7.66. The minimum absolute atomic E-state index is 0.160. The van der Waals surface area contributed by atoms with Gasteiger partial charge in [0.05, 0.1) is 0 Å². The van der Waals surface area contributed by atoms with Crippen LogP contribution in [0.15, 0.2) is 60.4 Å². The number of Topliss-reactive ketones (excluding diaryl/α,β-unsaturated/α-hetero) is 1. The summed E-state index contributed by atoms with van der Waals surface area (Å²) in [6.07, 6.45) is -1.85. The van der Waals surface area contributed by atoms with Crippen LogP contribution in [0.5, 0.6) is 0 Å². The topological polar surface area (TPSA) is 76.0 Å². The molecule has 0 radical (unpaired) electrons. The van der Waals surface area contributed by atoms with Crippen LogP contribution in [0.2, 0.25) is 0 Å². The maximum atomic E-state index is 12.6. The summed E-state index contributed by atoms with van der Waals surface area (Å²) in [7, 11) is 0. The van der Waals surface area contributed by atoms with Crippen molar-refractivity contribution in [3.05, 3.63) is 77.0 Å². The molecule has 0 bridgehead atoms. The van der Waals surface area contributed by atoms with E-state index in [2.05, 4.69) is 0 Å². The fourth-order valence-electron chi connectivity index (χ4n) is 2.52. The van der Waals surface area contributed by atoms with Gasteiger partial charge in [0.1, 0.15) is 0 Å². The van der Waals surface area contributed by atoms with Crippen LogP contribution in [0.3, 0.4) is 0 Å². The largest absolute Gasteiger partial charge is 0.451 e. The molecule has 1 unspecified atom stereocenters. The number of ketones is 1. The molecule has 1 atom stereocenters. The molecule has 0 amide bonds. The van der Waals surface area contributed by atoms with Crippen molar-refractivity contribution in [1.82, 2.24) is 0 Å². The Bertz CT molecular complexity index is 747. The van der Waals surface area contributed by atoms with Crippen molar-refractivity contribution in [2.45, 2.75) is 25.9 Å². The van der Waals surface area contributed by atoms with Gasteiger partial charge < -0.3 is 19.7 Å². The quantitative estimate of drug-likeness (QED) is 0.826. The third-order valence-corrected chi connectivity index (χ3v) is 3.71. The van der Waals surface area contributed by atoms with Gasteiger partial charge in [0.25, 0.3) is 0 Å². The van der Waals surface area contributed by atoms with E-state index in [0.29, 0.717) is 16.9 Å². The van der Waals surface area contributed by atoms with Gasteiger partial charge in [-0.25, -0.2) is 0 Å². The molecule has 3 rings (SSSR count). The highest BCUT2D eigenvalue weighted by atomic mass is 16.7. The maximum Gasteiger partial charge on any atom is 0.239 e. The van der Waals surface area contributed by atoms with Crippen molar-refractivity contribution in [3.63, 3.8) is 0 Å². The van der Waals surface area contributed by atoms with Crippen LogP contribution < -0.4 is 0 Å². The van der Waals surface area contributed by atoms with E-state index < -0.39 is 12.6 Å². The zero-order chi connectivity index (χ0) is 17.1. The van der Waals surface area contributed by atoms with Crippen LogP contribution in [0.4, 0.5) is 0 Å². The number of hydrogen-bond acceptors (Lipinski definition) is 5. The highest BCUT2D eigenvalue weighted by Gasteiger charge is 2.30. The highest BCUT2D eigenvalue weighted by Crippen LogP contribution is 2.32. The van der Waals surface area contributed by atoms with Crippen LogP contribution in [0.25, 0.3) is 5.76 Å². The molecule has 1 aliphatic heterocycles. The van der Waals surface area contributed by atoms with E-state index in [9.17, 15) is 4.79 Å². The lowest BCUT2D eigenvalue weighted by atomic mass is 10.0. The molecule has 0 fully saturated rings. The Hall–Kier alpha value is -2.63. The van der Waals surface area contributed by atoms with Gasteiger partial charge in [-0.15, -0.1) is 0 Å². The Morgan fingerprint density at radius 1 is 1.04 bits per heavy atom. The van der Waals surface area contributed by atoms with Crippen LogP contribution in [-0.2, 0) is 20.7 Å². The van der Waals surface area contributed by atoms with E-state index in [1.807, 2.05) is 30.3 Å². The Morgan fingerprint density at radius 3 is 2.33 bits per heavy atom. The van der Waals surface area contributed by atoms with Gasteiger partial charge in [0.15, 0.2) is 12.0 Å². The Kier molecular flexibility index (Phi) is 4.64. The van der Waals surface area contributed by atoms with Crippen molar-refractivity contribution < 1.29 is 24.5 Å². The SMILES string of the molecule is CC1OC(C(=O)Cc2ccccc2)=C(c2ccc(C(O)O)cc2)O1. The number of hydrogen-bond donors (Lipinski definition) is 2. The molecule has 5 heteroatoms. The molecular formula is C19H18O5. The van der Waals surface area contributed by atoms with Crippen LogP contribution in [-0.4, -0.2) is 22.3 Å². The highest BCUT2D eigenvalue weighted by molar-refractivity contribution is 6.01. The molecule has 0 saturated heterocycles. The van der Waals surface area contributed by atoms with Gasteiger partial charge in [-0.3, -0.25) is 4.79 Å². The normalized spacial score (nSPS) is 16.9. The summed E-state index contributed by atoms with van der Waals surface area (Å²) < 4.78 is 11.2. The lowest BCUT2D eigenvalue weighted by molar-refractivity contribution is -0.120. The number of aliphatic hydroxyl groups is 2. The number of carbonyl (C=O) groups excluding carboxylic acids is 1. The van der Waals surface area contributed by atoms with Crippen LogP contribution in [0.1, 0.15) is 29.9 Å². The summed E-state index contributed by atoms with van der Waals surface area (Å²) in [5.74, 6) is 0.415. The molecule has 124 valence electrons. The minimum atomic E-state index is -1.54. The Labute approximate surface area is 139 Å². The van der Waals surface area contributed by atoms with E-state index in [0.717, 1.165) is 5.56 Å². The molecule has 0 aromatic heterocycles. The minimum Gasteiger partial charge on any atom is -0.451 e. The summed E-state index contributed by atoms with van der Waals surface area (Å²) >= 11 is 0. The van der Waals surface area contributed by atoms with E-state index in [1.165, 1.54) is 0 Å². The molecule has 1 heterocycles. The maximum absolute atomic E-state index is 12.6. The van der Waals surface area contributed by atoms with Gasteiger partial charge in [0, 0.05) is 24.5 Å². The predicted octanol–water partition coefficient (Wildman–Crippen LogP) is 2.54. The second-order valence-electron chi connectivity index (χ2n) is 5.54. The van der Waals surface area contributed by atoms with E-state index in [4.69, 9.17) is 19.7 Å². The molecule has 0 spiro atoms. The second-order valence-corrected chi connectivity index (χ2v) is 5.54. The third-order valence-electron chi connectivity index (χ3n) is 3.71. The zero-order valence-corrected chi connectivity index (χ0v) is 13.2. The number of benzene rings is 2. The number of aliphatic hydroxyl groups excluding tert-OH is 1. The van der Waals surface area contributed by atoms with Crippen LogP contribution >= 0.6 is 0 Å². The molecule has 0 aliphatic carbocycles. The molecular weight excluding hydrogens is 308 g/mol. The monoisotopic (exact) mass is 326 g/mol. The van der Waals surface area contributed by atoms with Gasteiger partial charge in [-0.1, -0.05) is 54.6 Å². The van der Waals surface area contributed by atoms with Crippen molar-refractivity contribution in [2.24, 2.45) is 0 Å². The van der Waals surface area contributed by atoms with E-state index in [1.54, 1.807) is 31.2 Å². The second kappa shape index (κ2) is 6.86. The van der Waals surface area contributed by atoms with Gasteiger partial charge >= 0.3 is 0 Å². The van der Waals surface area contributed by atoms with Crippen molar-refractivity contribution >= 4 is 11.5 Å². The summed E-state index contributed by atoms with van der Waals surface area (Å²) in [5, 5.41) is 18.3. The molecule has 2 aromatic rings. The Morgan fingerprint density at radius 2 is 1.71 bits per heavy atom. The number of carbonyl (C=O) groups is 1. The van der Waals surface area contributed by atoms with Crippen molar-refractivity contribution in [1.29, 1.82) is 0 Å². The number of rotatable bonds is 5. The van der Waals surface area contributed by atoms with Gasteiger partial charge in [0.2, 0.25) is 17.8 Å². The molecule has 2 aromatic carbocycles. The lowest BCUT2D eigenvalue weighted by Crippen LogP contribution is -2.10. The van der Waals surface area contributed by atoms with Crippen molar-refractivity contribution in [2.75, 3.05) is 0 Å². The third kappa shape index (κ3) is 3.48. The molecule has 2 N–H and O–H groups in total. The van der Waals surface area contributed by atoms with Gasteiger partial charge in [-0.05, 0) is 5.56 Å². The van der Waals surface area contributed by atoms with E-state index in [-0.39, 0.29) is 18.0 Å². The Balaban J connectivity index is 1.87. The summed E-state index contributed by atoms with van der Waals surface area (Å²) in [5.41, 5.74) is 1.92. The van der Waals surface area contributed by atoms with Crippen LogP contribution in [0, 0.1) is 0 Å². The van der Waals surface area contributed by atoms with E-state index >= 15 is 0 Å². The summed E-state index contributed by atoms with van der Waals surface area (Å²) in [6, 6.07) is 15.9. The average Bonchev–Trinajstić information content (AvgIpc) is 2.98. The molecule has 1 aliphatic rings. The first-order valence-corrected chi connectivity index (χ1v) is 7.66. The molecule has 24 heavy (non-hydrogen) atoms. The summed E-state index contributed by atoms with van der Waals surface area (Å²) in [4.78, 5) is 12.6. The smallest absolute Gasteiger partial charge is 0.239 e. The lowest BCUT2D eigenvalue weighted by Gasteiger charge is -2.07. The number of ether oxygens (including phenoxy) is 2. The first-order chi connectivity index (χ1) is 11.5.